The zero-order valence-electron chi connectivity index (χ0n) is 9.26. The van der Waals surface area contributed by atoms with E-state index in [4.69, 9.17) is 5.11 Å². The second-order valence-corrected chi connectivity index (χ2v) is 4.39. The Balaban J connectivity index is 4.06. The molecule has 0 bridgehead atoms. The van der Waals surface area contributed by atoms with Gasteiger partial charge >= 0.3 is 0 Å². The van der Waals surface area contributed by atoms with Gasteiger partial charge in [0.05, 0.1) is 18.6 Å². The van der Waals surface area contributed by atoms with E-state index in [1.807, 2.05) is 0 Å². The van der Waals surface area contributed by atoms with Gasteiger partial charge in [-0.1, -0.05) is 13.8 Å². The Labute approximate surface area is 84.7 Å². The number of aliphatic hydroxyl groups excluding tert-OH is 1. The first-order chi connectivity index (χ1) is 6.28. The summed E-state index contributed by atoms with van der Waals surface area (Å²) in [4.78, 5) is 22.5. The number of hydrogen-bond donors (Lipinski definition) is 2. The molecule has 0 aliphatic rings. The summed E-state index contributed by atoms with van der Waals surface area (Å²) < 4.78 is 0. The van der Waals surface area contributed by atoms with Crippen molar-refractivity contribution in [2.45, 2.75) is 39.7 Å². The summed E-state index contributed by atoms with van der Waals surface area (Å²) in [6, 6.07) is 0. The van der Waals surface area contributed by atoms with E-state index < -0.39 is 5.54 Å². The van der Waals surface area contributed by atoms with Gasteiger partial charge in [0.15, 0.2) is 0 Å². The highest BCUT2D eigenvalue weighted by atomic mass is 16.3. The molecule has 14 heavy (non-hydrogen) atoms. The summed E-state index contributed by atoms with van der Waals surface area (Å²) >= 11 is 0. The standard InChI is InChI=1S/C10H19NO3/c1-7(2)8(13)5-9(14)11-10(3,4)6-12/h7,12H,5-6H2,1-4H3,(H,11,14). The smallest absolute Gasteiger partial charge is 0.227 e. The molecule has 4 nitrogen and oxygen atoms in total. The summed E-state index contributed by atoms with van der Waals surface area (Å²) in [7, 11) is 0. The zero-order chi connectivity index (χ0) is 11.4. The van der Waals surface area contributed by atoms with Crippen molar-refractivity contribution in [2.24, 2.45) is 5.92 Å². The van der Waals surface area contributed by atoms with Crippen LogP contribution in [0.3, 0.4) is 0 Å². The Bertz CT molecular complexity index is 221. The molecule has 0 unspecified atom stereocenters. The van der Waals surface area contributed by atoms with Crippen LogP contribution in [0.15, 0.2) is 0 Å². The van der Waals surface area contributed by atoms with Gasteiger partial charge in [-0.05, 0) is 13.8 Å². The Morgan fingerprint density at radius 2 is 1.86 bits per heavy atom. The minimum Gasteiger partial charge on any atom is -0.394 e. The van der Waals surface area contributed by atoms with E-state index in [9.17, 15) is 9.59 Å². The van der Waals surface area contributed by atoms with Gasteiger partial charge in [-0.2, -0.15) is 0 Å². The summed E-state index contributed by atoms with van der Waals surface area (Å²) in [5.74, 6) is -0.544. The van der Waals surface area contributed by atoms with Gasteiger partial charge < -0.3 is 10.4 Å². The van der Waals surface area contributed by atoms with Crippen LogP contribution in [-0.2, 0) is 9.59 Å². The van der Waals surface area contributed by atoms with Crippen molar-refractivity contribution in [1.82, 2.24) is 5.32 Å². The second kappa shape index (κ2) is 5.10. The lowest BCUT2D eigenvalue weighted by Gasteiger charge is -2.23. The Kier molecular flexibility index (Phi) is 4.77. The van der Waals surface area contributed by atoms with Crippen molar-refractivity contribution in [3.05, 3.63) is 0 Å². The van der Waals surface area contributed by atoms with Crippen LogP contribution in [-0.4, -0.2) is 28.9 Å². The summed E-state index contributed by atoms with van der Waals surface area (Å²) in [6.07, 6.45) is -0.110. The molecule has 0 aromatic heterocycles. The molecule has 2 N–H and O–H groups in total. The van der Waals surface area contributed by atoms with E-state index >= 15 is 0 Å². The van der Waals surface area contributed by atoms with E-state index in [2.05, 4.69) is 5.32 Å². The maximum absolute atomic E-state index is 11.3. The van der Waals surface area contributed by atoms with Crippen LogP contribution in [0.1, 0.15) is 34.1 Å². The van der Waals surface area contributed by atoms with Crippen LogP contribution < -0.4 is 5.32 Å². The molecular weight excluding hydrogens is 182 g/mol. The summed E-state index contributed by atoms with van der Waals surface area (Å²) in [6.45, 7) is 6.77. The lowest BCUT2D eigenvalue weighted by atomic mass is 10.0. The molecule has 4 heteroatoms. The van der Waals surface area contributed by atoms with E-state index in [0.717, 1.165) is 0 Å². The molecule has 0 saturated carbocycles. The fourth-order valence-electron chi connectivity index (χ4n) is 0.824. The van der Waals surface area contributed by atoms with Crippen molar-refractivity contribution < 1.29 is 14.7 Å². The predicted octanol–water partition coefficient (Wildman–Crippen LogP) is 0.489. The molecule has 1 amide bonds. The average molecular weight is 201 g/mol. The quantitative estimate of drug-likeness (QED) is 0.636. The van der Waals surface area contributed by atoms with Crippen LogP contribution in [0.25, 0.3) is 0 Å². The maximum Gasteiger partial charge on any atom is 0.227 e. The topological polar surface area (TPSA) is 66.4 Å². The minimum absolute atomic E-state index is 0.0868. The first kappa shape index (κ1) is 13.1. The number of nitrogens with one attached hydrogen (secondary N) is 1. The van der Waals surface area contributed by atoms with E-state index in [1.165, 1.54) is 0 Å². The first-order valence-electron chi connectivity index (χ1n) is 4.73. The summed E-state index contributed by atoms with van der Waals surface area (Å²) in [5.41, 5.74) is -0.658. The largest absolute Gasteiger partial charge is 0.394 e. The average Bonchev–Trinajstić information content (AvgIpc) is 2.02. The second-order valence-electron chi connectivity index (χ2n) is 4.39. The van der Waals surface area contributed by atoms with Crippen molar-refractivity contribution in [1.29, 1.82) is 0 Å². The SMILES string of the molecule is CC(C)C(=O)CC(=O)NC(C)(C)CO. The lowest BCUT2D eigenvalue weighted by Crippen LogP contribution is -2.46. The molecule has 0 aliphatic heterocycles. The highest BCUT2D eigenvalue weighted by Crippen LogP contribution is 2.03. The van der Waals surface area contributed by atoms with E-state index in [1.54, 1.807) is 27.7 Å². The van der Waals surface area contributed by atoms with Crippen molar-refractivity contribution in [3.63, 3.8) is 0 Å². The number of hydrogen-bond acceptors (Lipinski definition) is 3. The van der Waals surface area contributed by atoms with Gasteiger partial charge in [-0.25, -0.2) is 0 Å². The predicted molar refractivity (Wildman–Crippen MR) is 53.8 cm³/mol. The number of Topliss-reactive ketones (excluding diaryl/α,β-unsaturated/α-hetero) is 1. The fraction of sp³-hybridized carbons (Fsp3) is 0.800. The molecule has 0 aliphatic carbocycles. The third-order valence-corrected chi connectivity index (χ3v) is 1.85. The number of carbonyl (C=O) groups is 2. The Hall–Kier alpha value is -0.900. The van der Waals surface area contributed by atoms with Gasteiger partial charge in [0.25, 0.3) is 0 Å². The fourth-order valence-corrected chi connectivity index (χ4v) is 0.824. The third kappa shape index (κ3) is 4.97. The Morgan fingerprint density at radius 1 is 1.36 bits per heavy atom. The highest BCUT2D eigenvalue weighted by Gasteiger charge is 2.21. The molecule has 82 valence electrons. The molecule has 0 heterocycles. The van der Waals surface area contributed by atoms with E-state index in [0.29, 0.717) is 0 Å². The van der Waals surface area contributed by atoms with Gasteiger partial charge in [0.2, 0.25) is 5.91 Å². The number of carbonyl (C=O) groups excluding carboxylic acids is 2. The number of rotatable bonds is 5. The van der Waals surface area contributed by atoms with Crippen LogP contribution in [0.4, 0.5) is 0 Å². The molecule has 0 saturated heterocycles. The van der Waals surface area contributed by atoms with Crippen molar-refractivity contribution in [2.75, 3.05) is 6.61 Å². The number of ketones is 1. The lowest BCUT2D eigenvalue weighted by molar-refractivity contribution is -0.130. The van der Waals surface area contributed by atoms with Crippen molar-refractivity contribution >= 4 is 11.7 Å². The van der Waals surface area contributed by atoms with E-state index in [-0.39, 0.29) is 30.6 Å². The maximum atomic E-state index is 11.3. The van der Waals surface area contributed by atoms with Gasteiger partial charge in [0, 0.05) is 5.92 Å². The zero-order valence-corrected chi connectivity index (χ0v) is 9.26. The molecular formula is C10H19NO3. The first-order valence-corrected chi connectivity index (χ1v) is 4.73. The molecule has 0 rings (SSSR count). The molecule has 0 radical (unpaired) electrons. The van der Waals surface area contributed by atoms with Crippen molar-refractivity contribution in [3.8, 4) is 0 Å². The highest BCUT2D eigenvalue weighted by molar-refractivity contribution is 5.99. The molecule has 0 spiro atoms. The number of aliphatic hydroxyl groups is 1. The monoisotopic (exact) mass is 201 g/mol. The molecule has 0 aromatic rings. The number of amides is 1. The molecule has 0 atom stereocenters. The third-order valence-electron chi connectivity index (χ3n) is 1.85. The molecule has 0 aromatic carbocycles. The van der Waals surface area contributed by atoms with Crippen LogP contribution >= 0.6 is 0 Å². The van der Waals surface area contributed by atoms with Gasteiger partial charge in [-0.3, -0.25) is 9.59 Å². The normalized spacial score (nSPS) is 11.6. The van der Waals surface area contributed by atoms with Gasteiger partial charge in [0.1, 0.15) is 5.78 Å². The summed E-state index contributed by atoms with van der Waals surface area (Å²) in [5, 5.41) is 11.5. The van der Waals surface area contributed by atoms with Crippen LogP contribution in [0.5, 0.6) is 0 Å². The molecule has 0 fully saturated rings. The van der Waals surface area contributed by atoms with Crippen LogP contribution in [0, 0.1) is 5.92 Å². The minimum atomic E-state index is -0.658. The van der Waals surface area contributed by atoms with Crippen LogP contribution in [0.2, 0.25) is 0 Å². The van der Waals surface area contributed by atoms with Gasteiger partial charge in [-0.15, -0.1) is 0 Å². The Morgan fingerprint density at radius 3 is 2.21 bits per heavy atom.